The number of thiocarbonyl (C=S) groups is 1. The minimum absolute atomic E-state index is 0.0348. The maximum Gasteiger partial charge on any atom is 0.422 e. The van der Waals surface area contributed by atoms with Gasteiger partial charge in [0.15, 0.2) is 11.7 Å². The summed E-state index contributed by atoms with van der Waals surface area (Å²) in [6.45, 7) is 0.431. The van der Waals surface area contributed by atoms with Gasteiger partial charge < -0.3 is 15.8 Å². The standard InChI is InChI=1S/C10H11F3N2OS/c1-6-2-3-8(16-5-10(11,12)13)7(4-6)15-9(14)17/h2-4H,5H2,1H3,(H3,14,15,17). The molecule has 0 unspecified atom stereocenters. The van der Waals surface area contributed by atoms with E-state index in [2.05, 4.69) is 22.3 Å². The first-order chi connectivity index (χ1) is 7.78. The fourth-order valence-corrected chi connectivity index (χ4v) is 1.27. The van der Waals surface area contributed by atoms with Crippen LogP contribution >= 0.6 is 12.2 Å². The van der Waals surface area contributed by atoms with Gasteiger partial charge in [0.2, 0.25) is 0 Å². The highest BCUT2D eigenvalue weighted by Gasteiger charge is 2.28. The zero-order valence-electron chi connectivity index (χ0n) is 8.97. The molecule has 3 N–H and O–H groups in total. The second-order valence-corrected chi connectivity index (χ2v) is 3.83. The van der Waals surface area contributed by atoms with Crippen molar-refractivity contribution in [1.29, 1.82) is 0 Å². The Morgan fingerprint density at radius 1 is 1.47 bits per heavy atom. The fraction of sp³-hybridized carbons (Fsp3) is 0.300. The Balaban J connectivity index is 2.86. The van der Waals surface area contributed by atoms with Gasteiger partial charge in [0.25, 0.3) is 0 Å². The van der Waals surface area contributed by atoms with Gasteiger partial charge in [-0.2, -0.15) is 13.2 Å². The molecule has 0 aliphatic heterocycles. The molecule has 7 heteroatoms. The number of alkyl halides is 3. The van der Waals surface area contributed by atoms with E-state index in [1.807, 2.05) is 0 Å². The lowest BCUT2D eigenvalue weighted by Crippen LogP contribution is -2.22. The van der Waals surface area contributed by atoms with E-state index in [1.165, 1.54) is 6.07 Å². The zero-order valence-corrected chi connectivity index (χ0v) is 9.78. The first-order valence-electron chi connectivity index (χ1n) is 4.64. The van der Waals surface area contributed by atoms with Crippen LogP contribution in [-0.2, 0) is 0 Å². The number of benzene rings is 1. The first kappa shape index (κ1) is 13.6. The van der Waals surface area contributed by atoms with Crippen molar-refractivity contribution in [3.8, 4) is 5.75 Å². The summed E-state index contributed by atoms with van der Waals surface area (Å²) >= 11 is 4.63. The molecular weight excluding hydrogens is 253 g/mol. The van der Waals surface area contributed by atoms with E-state index in [0.717, 1.165) is 5.56 Å². The van der Waals surface area contributed by atoms with Crippen molar-refractivity contribution >= 4 is 23.0 Å². The van der Waals surface area contributed by atoms with Crippen molar-refractivity contribution < 1.29 is 17.9 Å². The summed E-state index contributed by atoms with van der Waals surface area (Å²) in [5.41, 5.74) is 6.44. The van der Waals surface area contributed by atoms with E-state index in [4.69, 9.17) is 5.73 Å². The van der Waals surface area contributed by atoms with Gasteiger partial charge in [0.1, 0.15) is 5.75 Å². The van der Waals surface area contributed by atoms with Gasteiger partial charge in [0, 0.05) is 0 Å². The molecular formula is C10H11F3N2OS. The molecule has 1 rings (SSSR count). The van der Waals surface area contributed by atoms with Gasteiger partial charge in [-0.15, -0.1) is 0 Å². The van der Waals surface area contributed by atoms with E-state index < -0.39 is 12.8 Å². The molecule has 94 valence electrons. The van der Waals surface area contributed by atoms with Crippen molar-refractivity contribution in [2.45, 2.75) is 13.1 Å². The summed E-state index contributed by atoms with van der Waals surface area (Å²) < 4.78 is 40.7. The quantitative estimate of drug-likeness (QED) is 0.824. The van der Waals surface area contributed by atoms with Crippen LogP contribution in [0.4, 0.5) is 18.9 Å². The topological polar surface area (TPSA) is 47.3 Å². The van der Waals surface area contributed by atoms with Crippen LogP contribution in [0.15, 0.2) is 18.2 Å². The molecule has 0 aromatic heterocycles. The van der Waals surface area contributed by atoms with Crippen LogP contribution in [0, 0.1) is 6.92 Å². The van der Waals surface area contributed by atoms with E-state index in [-0.39, 0.29) is 10.9 Å². The fourth-order valence-electron chi connectivity index (χ4n) is 1.16. The van der Waals surface area contributed by atoms with E-state index >= 15 is 0 Å². The van der Waals surface area contributed by atoms with E-state index in [0.29, 0.717) is 5.69 Å². The summed E-state index contributed by atoms with van der Waals surface area (Å²) in [7, 11) is 0. The summed E-state index contributed by atoms with van der Waals surface area (Å²) in [6.07, 6.45) is -4.38. The third-order valence-corrected chi connectivity index (χ3v) is 1.89. The SMILES string of the molecule is Cc1ccc(OCC(F)(F)F)c(NC(N)=S)c1. The highest BCUT2D eigenvalue weighted by molar-refractivity contribution is 7.80. The highest BCUT2D eigenvalue weighted by atomic mass is 32.1. The van der Waals surface area contributed by atoms with Crippen molar-refractivity contribution in [2.75, 3.05) is 11.9 Å². The molecule has 0 heterocycles. The Bertz CT molecular complexity index is 421. The highest BCUT2D eigenvalue weighted by Crippen LogP contribution is 2.27. The summed E-state index contributed by atoms with van der Waals surface area (Å²) in [5.74, 6) is 0.0562. The maximum atomic E-state index is 12.0. The molecule has 0 bridgehead atoms. The monoisotopic (exact) mass is 264 g/mol. The molecule has 0 aliphatic rings. The maximum absolute atomic E-state index is 12.0. The minimum Gasteiger partial charge on any atom is -0.482 e. The van der Waals surface area contributed by atoms with Gasteiger partial charge >= 0.3 is 6.18 Å². The predicted octanol–water partition coefficient (Wildman–Crippen LogP) is 2.59. The molecule has 0 aliphatic carbocycles. The molecule has 0 atom stereocenters. The van der Waals surface area contributed by atoms with Crippen LogP contribution in [0.25, 0.3) is 0 Å². The number of ether oxygens (including phenoxy) is 1. The number of nitrogens with one attached hydrogen (secondary N) is 1. The lowest BCUT2D eigenvalue weighted by molar-refractivity contribution is -0.153. The summed E-state index contributed by atoms with van der Waals surface area (Å²) in [5, 5.41) is 2.53. The van der Waals surface area contributed by atoms with Crippen LogP contribution in [-0.4, -0.2) is 17.9 Å². The Kier molecular flexibility index (Phi) is 4.17. The Morgan fingerprint density at radius 3 is 2.65 bits per heavy atom. The number of aryl methyl sites for hydroxylation is 1. The Morgan fingerprint density at radius 2 is 2.12 bits per heavy atom. The number of hydrogen-bond donors (Lipinski definition) is 2. The van der Waals surface area contributed by atoms with Gasteiger partial charge in [-0.1, -0.05) is 6.07 Å². The number of nitrogens with two attached hydrogens (primary N) is 1. The minimum atomic E-state index is -4.38. The number of rotatable bonds is 3. The van der Waals surface area contributed by atoms with Crippen LogP contribution in [0.3, 0.4) is 0 Å². The van der Waals surface area contributed by atoms with Crippen LogP contribution in [0.1, 0.15) is 5.56 Å². The van der Waals surface area contributed by atoms with Crippen LogP contribution in [0.5, 0.6) is 5.75 Å². The second-order valence-electron chi connectivity index (χ2n) is 3.39. The molecule has 0 radical (unpaired) electrons. The average molecular weight is 264 g/mol. The molecule has 0 saturated heterocycles. The molecule has 0 spiro atoms. The smallest absolute Gasteiger partial charge is 0.422 e. The summed E-state index contributed by atoms with van der Waals surface area (Å²) in [4.78, 5) is 0. The largest absolute Gasteiger partial charge is 0.482 e. The molecule has 0 fully saturated rings. The number of halogens is 3. The molecule has 1 aromatic carbocycles. The van der Waals surface area contributed by atoms with Gasteiger partial charge in [-0.3, -0.25) is 0 Å². The molecule has 3 nitrogen and oxygen atoms in total. The number of anilines is 1. The zero-order chi connectivity index (χ0) is 13.1. The molecule has 17 heavy (non-hydrogen) atoms. The first-order valence-corrected chi connectivity index (χ1v) is 5.05. The lowest BCUT2D eigenvalue weighted by atomic mass is 10.2. The van der Waals surface area contributed by atoms with Crippen LogP contribution < -0.4 is 15.8 Å². The van der Waals surface area contributed by atoms with Crippen molar-refractivity contribution in [2.24, 2.45) is 5.73 Å². The Labute approximate surface area is 102 Å². The molecule has 0 amide bonds. The van der Waals surface area contributed by atoms with Gasteiger partial charge in [0.05, 0.1) is 5.69 Å². The van der Waals surface area contributed by atoms with Crippen molar-refractivity contribution in [3.05, 3.63) is 23.8 Å². The normalized spacial score (nSPS) is 11.1. The van der Waals surface area contributed by atoms with Crippen LogP contribution in [0.2, 0.25) is 0 Å². The second kappa shape index (κ2) is 5.22. The van der Waals surface area contributed by atoms with E-state index in [1.54, 1.807) is 19.1 Å². The third-order valence-electron chi connectivity index (χ3n) is 1.78. The van der Waals surface area contributed by atoms with Gasteiger partial charge in [-0.05, 0) is 36.8 Å². The third kappa shape index (κ3) is 4.90. The van der Waals surface area contributed by atoms with Crippen molar-refractivity contribution in [3.63, 3.8) is 0 Å². The Hall–Kier alpha value is -1.50. The lowest BCUT2D eigenvalue weighted by Gasteiger charge is -2.14. The average Bonchev–Trinajstić information content (AvgIpc) is 2.14. The molecule has 0 saturated carbocycles. The number of hydrogen-bond acceptors (Lipinski definition) is 2. The summed E-state index contributed by atoms with van der Waals surface area (Å²) in [6, 6.07) is 4.67. The van der Waals surface area contributed by atoms with E-state index in [9.17, 15) is 13.2 Å². The van der Waals surface area contributed by atoms with Crippen molar-refractivity contribution in [1.82, 2.24) is 0 Å². The predicted molar refractivity (Wildman–Crippen MR) is 63.1 cm³/mol. The van der Waals surface area contributed by atoms with Gasteiger partial charge in [-0.25, -0.2) is 0 Å². The molecule has 1 aromatic rings.